The van der Waals surface area contributed by atoms with Gasteiger partial charge in [0, 0.05) is 13.1 Å². The molecule has 0 aromatic heterocycles. The Labute approximate surface area is 95.6 Å². The lowest BCUT2D eigenvalue weighted by molar-refractivity contribution is -0.134. The highest BCUT2D eigenvalue weighted by molar-refractivity contribution is 5.85. The molecule has 1 rings (SSSR count). The van der Waals surface area contributed by atoms with Crippen LogP contribution in [0.2, 0.25) is 0 Å². The summed E-state index contributed by atoms with van der Waals surface area (Å²) < 4.78 is 0. The fourth-order valence-electron chi connectivity index (χ4n) is 1.18. The summed E-state index contributed by atoms with van der Waals surface area (Å²) in [5, 5.41) is 5.60. The number of carbonyl (C=O) groups is 2. The lowest BCUT2D eigenvalue weighted by Crippen LogP contribution is -2.42. The number of nitrogens with zero attached hydrogens (tertiary/aromatic N) is 1. The van der Waals surface area contributed by atoms with Crippen LogP contribution in [0.5, 0.6) is 0 Å². The van der Waals surface area contributed by atoms with Gasteiger partial charge in [-0.05, 0) is 12.8 Å². The van der Waals surface area contributed by atoms with Crippen LogP contribution in [0.4, 0.5) is 0 Å². The monoisotopic (exact) mass is 223 g/mol. The summed E-state index contributed by atoms with van der Waals surface area (Å²) in [6.45, 7) is 0.623. The molecule has 2 amide bonds. The average Bonchev–Trinajstić information content (AvgIpc) is 3.01. The molecule has 0 spiro atoms. The third-order valence-electron chi connectivity index (χ3n) is 2.25. The first kappa shape index (κ1) is 12.5. The second kappa shape index (κ2) is 6.13. The second-order valence-corrected chi connectivity index (χ2v) is 3.90. The number of hydrogen-bond acceptors (Lipinski definition) is 3. The highest BCUT2D eigenvalue weighted by atomic mass is 16.2. The summed E-state index contributed by atoms with van der Waals surface area (Å²) in [6.07, 6.45) is 7.13. The van der Waals surface area contributed by atoms with E-state index in [0.717, 1.165) is 12.8 Å². The molecule has 0 saturated heterocycles. The number of terminal acetylenes is 1. The minimum atomic E-state index is -0.138. The van der Waals surface area contributed by atoms with Crippen LogP contribution in [0.1, 0.15) is 12.8 Å². The van der Waals surface area contributed by atoms with E-state index in [-0.39, 0.29) is 24.9 Å². The van der Waals surface area contributed by atoms with Crippen molar-refractivity contribution in [3.8, 4) is 12.3 Å². The van der Waals surface area contributed by atoms with Crippen molar-refractivity contribution < 1.29 is 9.59 Å². The van der Waals surface area contributed by atoms with E-state index >= 15 is 0 Å². The molecule has 0 heterocycles. The second-order valence-electron chi connectivity index (χ2n) is 3.90. The average molecular weight is 223 g/mol. The zero-order chi connectivity index (χ0) is 12.0. The number of carbonyl (C=O) groups excluding carboxylic acids is 2. The van der Waals surface area contributed by atoms with Gasteiger partial charge in [0.2, 0.25) is 11.8 Å². The standard InChI is InChI=1S/C11H17N3O2/c1-3-6-12-7-11(16)14(2)8-10(15)13-9-4-5-9/h1,9,12H,4-8H2,2H3,(H,13,15). The number of rotatable bonds is 6. The molecule has 1 aliphatic carbocycles. The minimum Gasteiger partial charge on any atom is -0.352 e. The number of likely N-dealkylation sites (N-methyl/N-ethyl adjacent to an activating group) is 1. The van der Waals surface area contributed by atoms with Crippen molar-refractivity contribution in [1.29, 1.82) is 0 Å². The molecule has 0 unspecified atom stereocenters. The van der Waals surface area contributed by atoms with E-state index in [1.807, 2.05) is 0 Å². The van der Waals surface area contributed by atoms with E-state index < -0.39 is 0 Å². The Bertz CT molecular complexity index is 305. The van der Waals surface area contributed by atoms with Crippen LogP contribution in [0.15, 0.2) is 0 Å². The molecule has 5 nitrogen and oxygen atoms in total. The first-order chi connectivity index (χ1) is 7.63. The van der Waals surface area contributed by atoms with Gasteiger partial charge in [-0.2, -0.15) is 0 Å². The van der Waals surface area contributed by atoms with Crippen molar-refractivity contribution in [1.82, 2.24) is 15.5 Å². The molecule has 0 aromatic rings. The molecular formula is C11H17N3O2. The molecule has 16 heavy (non-hydrogen) atoms. The van der Waals surface area contributed by atoms with Gasteiger partial charge in [0.15, 0.2) is 0 Å². The summed E-state index contributed by atoms with van der Waals surface area (Å²) >= 11 is 0. The lowest BCUT2D eigenvalue weighted by atomic mass is 10.4. The summed E-state index contributed by atoms with van der Waals surface area (Å²) in [5.41, 5.74) is 0. The number of hydrogen-bond donors (Lipinski definition) is 2. The van der Waals surface area contributed by atoms with Crippen molar-refractivity contribution in [2.45, 2.75) is 18.9 Å². The van der Waals surface area contributed by atoms with Gasteiger partial charge in [0.25, 0.3) is 0 Å². The van der Waals surface area contributed by atoms with E-state index in [1.54, 1.807) is 7.05 Å². The van der Waals surface area contributed by atoms with E-state index in [2.05, 4.69) is 16.6 Å². The molecule has 0 aromatic carbocycles. The predicted molar refractivity (Wildman–Crippen MR) is 60.5 cm³/mol. The van der Waals surface area contributed by atoms with Gasteiger partial charge in [-0.3, -0.25) is 14.9 Å². The van der Waals surface area contributed by atoms with Crippen LogP contribution in [0.25, 0.3) is 0 Å². The van der Waals surface area contributed by atoms with Crippen LogP contribution in [0, 0.1) is 12.3 Å². The van der Waals surface area contributed by atoms with Gasteiger partial charge >= 0.3 is 0 Å². The van der Waals surface area contributed by atoms with Gasteiger partial charge in [-0.1, -0.05) is 5.92 Å². The highest BCUT2D eigenvalue weighted by Gasteiger charge is 2.24. The summed E-state index contributed by atoms with van der Waals surface area (Å²) in [6, 6.07) is 0.329. The van der Waals surface area contributed by atoms with Crippen LogP contribution < -0.4 is 10.6 Å². The molecule has 5 heteroatoms. The van der Waals surface area contributed by atoms with Gasteiger partial charge in [0.1, 0.15) is 0 Å². The summed E-state index contributed by atoms with van der Waals surface area (Å²) in [7, 11) is 1.60. The van der Waals surface area contributed by atoms with Crippen molar-refractivity contribution in [2.24, 2.45) is 0 Å². The largest absolute Gasteiger partial charge is 0.352 e. The van der Waals surface area contributed by atoms with Crippen molar-refractivity contribution in [3.05, 3.63) is 0 Å². The maximum absolute atomic E-state index is 11.5. The lowest BCUT2D eigenvalue weighted by Gasteiger charge is -2.16. The van der Waals surface area contributed by atoms with Crippen molar-refractivity contribution in [3.63, 3.8) is 0 Å². The highest BCUT2D eigenvalue weighted by Crippen LogP contribution is 2.18. The van der Waals surface area contributed by atoms with E-state index in [0.29, 0.717) is 12.6 Å². The molecule has 1 fully saturated rings. The molecule has 1 saturated carbocycles. The Morgan fingerprint density at radius 1 is 1.50 bits per heavy atom. The Kier molecular flexibility index (Phi) is 4.80. The van der Waals surface area contributed by atoms with Crippen LogP contribution in [0.3, 0.4) is 0 Å². The Balaban J connectivity index is 2.16. The molecule has 0 atom stereocenters. The third kappa shape index (κ3) is 4.80. The SMILES string of the molecule is C#CCNCC(=O)N(C)CC(=O)NC1CC1. The van der Waals surface area contributed by atoms with Crippen LogP contribution >= 0.6 is 0 Å². The van der Waals surface area contributed by atoms with Crippen molar-refractivity contribution >= 4 is 11.8 Å². The van der Waals surface area contributed by atoms with Crippen molar-refractivity contribution in [2.75, 3.05) is 26.7 Å². The zero-order valence-electron chi connectivity index (χ0n) is 9.45. The Morgan fingerprint density at radius 3 is 2.75 bits per heavy atom. The van der Waals surface area contributed by atoms with Gasteiger partial charge in [-0.25, -0.2) is 0 Å². The van der Waals surface area contributed by atoms with Gasteiger partial charge < -0.3 is 10.2 Å². The van der Waals surface area contributed by atoms with Gasteiger partial charge in [0.05, 0.1) is 19.6 Å². The Hall–Kier alpha value is -1.54. The topological polar surface area (TPSA) is 61.4 Å². The first-order valence-corrected chi connectivity index (χ1v) is 5.31. The molecule has 2 N–H and O–H groups in total. The molecule has 0 bridgehead atoms. The van der Waals surface area contributed by atoms with E-state index in [9.17, 15) is 9.59 Å². The smallest absolute Gasteiger partial charge is 0.239 e. The minimum absolute atomic E-state index is 0.102. The number of nitrogens with one attached hydrogen (secondary N) is 2. The normalized spacial score (nSPS) is 14.0. The molecular weight excluding hydrogens is 206 g/mol. The maximum Gasteiger partial charge on any atom is 0.239 e. The fourth-order valence-corrected chi connectivity index (χ4v) is 1.18. The summed E-state index contributed by atoms with van der Waals surface area (Å²) in [5.74, 6) is 2.14. The van der Waals surface area contributed by atoms with Crippen LogP contribution in [-0.4, -0.2) is 49.4 Å². The maximum atomic E-state index is 11.5. The third-order valence-corrected chi connectivity index (χ3v) is 2.25. The van der Waals surface area contributed by atoms with Gasteiger partial charge in [-0.15, -0.1) is 6.42 Å². The first-order valence-electron chi connectivity index (χ1n) is 5.31. The zero-order valence-corrected chi connectivity index (χ0v) is 9.45. The van der Waals surface area contributed by atoms with E-state index in [1.165, 1.54) is 4.90 Å². The fraction of sp³-hybridized carbons (Fsp3) is 0.636. The molecule has 0 radical (unpaired) electrons. The molecule has 0 aliphatic heterocycles. The number of amides is 2. The molecule has 1 aliphatic rings. The molecule has 88 valence electrons. The van der Waals surface area contributed by atoms with Crippen LogP contribution in [-0.2, 0) is 9.59 Å². The predicted octanol–water partition coefficient (Wildman–Crippen LogP) is -1.05. The Morgan fingerprint density at radius 2 is 2.19 bits per heavy atom. The summed E-state index contributed by atoms with van der Waals surface area (Å²) in [4.78, 5) is 24.2. The quantitative estimate of drug-likeness (QED) is 0.446. The van der Waals surface area contributed by atoms with E-state index in [4.69, 9.17) is 6.42 Å².